The second-order valence-electron chi connectivity index (χ2n) is 3.17. The van der Waals surface area contributed by atoms with Gasteiger partial charge in [-0.25, -0.2) is 13.2 Å². The van der Waals surface area contributed by atoms with Crippen LogP contribution in [0.1, 0.15) is 18.5 Å². The first-order valence-electron chi connectivity index (χ1n) is 4.46. The van der Waals surface area contributed by atoms with Crippen LogP contribution < -0.4 is 10.5 Å². The maximum atomic E-state index is 12.8. The molecule has 0 spiro atoms. The fourth-order valence-corrected chi connectivity index (χ4v) is 1.16. The minimum atomic E-state index is -2.56. The number of halogens is 4. The zero-order valence-corrected chi connectivity index (χ0v) is 9.44. The van der Waals surface area contributed by atoms with Crippen LogP contribution in [0.25, 0.3) is 0 Å². The van der Waals surface area contributed by atoms with Gasteiger partial charge in [-0.3, -0.25) is 0 Å². The molecule has 0 radical (unpaired) electrons. The zero-order valence-electron chi connectivity index (χ0n) is 8.62. The van der Waals surface area contributed by atoms with Gasteiger partial charge in [-0.2, -0.15) is 0 Å². The highest BCUT2D eigenvalue weighted by atomic mass is 35.5. The monoisotopic (exact) mass is 255 g/mol. The summed E-state index contributed by atoms with van der Waals surface area (Å²) in [5.74, 6) is -0.265. The van der Waals surface area contributed by atoms with E-state index in [9.17, 15) is 13.2 Å². The highest BCUT2D eigenvalue weighted by molar-refractivity contribution is 5.85. The van der Waals surface area contributed by atoms with Crippen molar-refractivity contribution >= 4 is 12.4 Å². The lowest BCUT2D eigenvalue weighted by Gasteiger charge is -2.13. The van der Waals surface area contributed by atoms with E-state index in [1.807, 2.05) is 0 Å². The molecule has 2 nitrogen and oxygen atoms in total. The van der Waals surface area contributed by atoms with Gasteiger partial charge in [0, 0.05) is 11.6 Å². The predicted molar refractivity (Wildman–Crippen MR) is 57.7 cm³/mol. The van der Waals surface area contributed by atoms with E-state index < -0.39 is 24.9 Å². The van der Waals surface area contributed by atoms with Crippen LogP contribution in [0.5, 0.6) is 5.75 Å². The Kier molecular flexibility index (Phi) is 6.21. The molecule has 1 rings (SSSR count). The summed E-state index contributed by atoms with van der Waals surface area (Å²) in [4.78, 5) is 0. The Balaban J connectivity index is 0.00000225. The Morgan fingerprint density at radius 3 is 2.50 bits per heavy atom. The third-order valence-electron chi connectivity index (χ3n) is 1.83. The molecule has 2 N–H and O–H groups in total. The van der Waals surface area contributed by atoms with E-state index in [0.717, 1.165) is 6.07 Å². The number of hydrogen-bond donors (Lipinski definition) is 1. The Morgan fingerprint density at radius 2 is 2.00 bits per heavy atom. The maximum absolute atomic E-state index is 12.8. The minimum absolute atomic E-state index is 0. The summed E-state index contributed by atoms with van der Waals surface area (Å²) >= 11 is 0. The molecule has 92 valence electrons. The minimum Gasteiger partial charge on any atom is -0.487 e. The van der Waals surface area contributed by atoms with Crippen LogP contribution in [-0.2, 0) is 0 Å². The molecule has 1 aromatic rings. The van der Waals surface area contributed by atoms with Crippen molar-refractivity contribution in [3.8, 4) is 5.75 Å². The number of benzene rings is 1. The van der Waals surface area contributed by atoms with Gasteiger partial charge in [0.05, 0.1) is 0 Å². The molecule has 0 fully saturated rings. The summed E-state index contributed by atoms with van der Waals surface area (Å²) in [5.41, 5.74) is 5.94. The Labute approximate surface area is 98.0 Å². The quantitative estimate of drug-likeness (QED) is 0.898. The molecule has 1 atom stereocenters. The van der Waals surface area contributed by atoms with E-state index >= 15 is 0 Å². The number of nitrogens with two attached hydrogens (primary N) is 1. The van der Waals surface area contributed by atoms with Crippen molar-refractivity contribution in [2.24, 2.45) is 5.73 Å². The molecule has 0 heterocycles. The van der Waals surface area contributed by atoms with Crippen LogP contribution in [0.3, 0.4) is 0 Å². The third-order valence-corrected chi connectivity index (χ3v) is 1.83. The fraction of sp³-hybridized carbons (Fsp3) is 0.400. The van der Waals surface area contributed by atoms with Gasteiger partial charge < -0.3 is 10.5 Å². The summed E-state index contributed by atoms with van der Waals surface area (Å²) < 4.78 is 41.5. The topological polar surface area (TPSA) is 35.2 Å². The van der Waals surface area contributed by atoms with Crippen LogP contribution in [0.15, 0.2) is 18.2 Å². The van der Waals surface area contributed by atoms with Crippen molar-refractivity contribution < 1.29 is 17.9 Å². The molecule has 0 saturated carbocycles. The third kappa shape index (κ3) is 4.28. The summed E-state index contributed by atoms with van der Waals surface area (Å²) in [5, 5.41) is 0. The first-order chi connectivity index (χ1) is 7.00. The van der Waals surface area contributed by atoms with Crippen molar-refractivity contribution in [2.75, 3.05) is 6.61 Å². The van der Waals surface area contributed by atoms with E-state index in [0.29, 0.717) is 5.56 Å². The molecule has 0 saturated heterocycles. The second kappa shape index (κ2) is 6.60. The summed E-state index contributed by atoms with van der Waals surface area (Å²) in [6, 6.07) is 3.17. The average Bonchev–Trinajstić information content (AvgIpc) is 2.15. The number of alkyl halides is 2. The molecule has 0 aromatic heterocycles. The van der Waals surface area contributed by atoms with Crippen molar-refractivity contribution in [2.45, 2.75) is 19.4 Å². The van der Waals surface area contributed by atoms with Crippen molar-refractivity contribution in [3.63, 3.8) is 0 Å². The smallest absolute Gasteiger partial charge is 0.272 e. The lowest BCUT2D eigenvalue weighted by Crippen LogP contribution is -2.12. The maximum Gasteiger partial charge on any atom is 0.272 e. The van der Waals surface area contributed by atoms with E-state index in [1.165, 1.54) is 12.1 Å². The molecule has 0 unspecified atom stereocenters. The molecule has 0 aliphatic carbocycles. The van der Waals surface area contributed by atoms with Crippen LogP contribution >= 0.6 is 12.4 Å². The molecule has 0 bridgehead atoms. The van der Waals surface area contributed by atoms with Crippen LogP contribution in [-0.4, -0.2) is 13.0 Å². The molecule has 1 aromatic carbocycles. The largest absolute Gasteiger partial charge is 0.487 e. The van der Waals surface area contributed by atoms with Crippen LogP contribution in [0, 0.1) is 5.82 Å². The Morgan fingerprint density at radius 1 is 1.38 bits per heavy atom. The fourth-order valence-electron chi connectivity index (χ4n) is 1.16. The van der Waals surface area contributed by atoms with Crippen LogP contribution in [0.2, 0.25) is 0 Å². The summed E-state index contributed by atoms with van der Waals surface area (Å²) in [6.07, 6.45) is -2.56. The van der Waals surface area contributed by atoms with Gasteiger partial charge in [0.1, 0.15) is 18.2 Å². The van der Waals surface area contributed by atoms with Gasteiger partial charge in [0.15, 0.2) is 0 Å². The molecule has 0 aliphatic rings. The second-order valence-corrected chi connectivity index (χ2v) is 3.17. The van der Waals surface area contributed by atoms with E-state index in [4.69, 9.17) is 10.5 Å². The first-order valence-corrected chi connectivity index (χ1v) is 4.46. The Bertz CT molecular complexity index is 334. The van der Waals surface area contributed by atoms with Crippen molar-refractivity contribution in [3.05, 3.63) is 29.6 Å². The number of ether oxygens (including phenoxy) is 1. The van der Waals surface area contributed by atoms with Crippen LogP contribution in [0.4, 0.5) is 13.2 Å². The SMILES string of the molecule is C[C@@H](N)c1cc(F)ccc1OCC(F)F.Cl. The van der Waals surface area contributed by atoms with Gasteiger partial charge in [-0.05, 0) is 25.1 Å². The number of rotatable bonds is 4. The van der Waals surface area contributed by atoms with Gasteiger partial charge in [-0.1, -0.05) is 0 Å². The van der Waals surface area contributed by atoms with Gasteiger partial charge in [-0.15, -0.1) is 12.4 Å². The summed E-state index contributed by atoms with van der Waals surface area (Å²) in [6.45, 7) is 0.912. The standard InChI is InChI=1S/C10H12F3NO.ClH/c1-6(14)8-4-7(11)2-3-9(8)15-5-10(12)13;/h2-4,6,10H,5,14H2,1H3;1H/t6-;/m1./s1. The van der Waals surface area contributed by atoms with Gasteiger partial charge in [0.2, 0.25) is 0 Å². The lowest BCUT2D eigenvalue weighted by molar-refractivity contribution is 0.0812. The van der Waals surface area contributed by atoms with E-state index in [2.05, 4.69) is 0 Å². The predicted octanol–water partition coefficient (Wildman–Crippen LogP) is 2.91. The molecule has 0 amide bonds. The molecule has 16 heavy (non-hydrogen) atoms. The van der Waals surface area contributed by atoms with Crippen molar-refractivity contribution in [1.29, 1.82) is 0 Å². The van der Waals surface area contributed by atoms with Gasteiger partial charge >= 0.3 is 0 Å². The zero-order chi connectivity index (χ0) is 11.4. The van der Waals surface area contributed by atoms with Crippen molar-refractivity contribution in [1.82, 2.24) is 0 Å². The highest BCUT2D eigenvalue weighted by Gasteiger charge is 2.11. The summed E-state index contributed by atoms with van der Waals surface area (Å²) in [7, 11) is 0. The molecule has 0 aliphatic heterocycles. The number of hydrogen-bond acceptors (Lipinski definition) is 2. The first kappa shape index (κ1) is 15.1. The van der Waals surface area contributed by atoms with E-state index in [1.54, 1.807) is 6.92 Å². The molecular formula is C10H13ClF3NO. The molecule has 6 heteroatoms. The Hall–Kier alpha value is -0.940. The van der Waals surface area contributed by atoms with Gasteiger partial charge in [0.25, 0.3) is 6.43 Å². The normalized spacial score (nSPS) is 12.1. The van der Waals surface area contributed by atoms with E-state index in [-0.39, 0.29) is 18.2 Å². The average molecular weight is 256 g/mol. The highest BCUT2D eigenvalue weighted by Crippen LogP contribution is 2.24. The molecular weight excluding hydrogens is 243 g/mol. The lowest BCUT2D eigenvalue weighted by atomic mass is 10.1.